The van der Waals surface area contributed by atoms with Crippen LogP contribution >= 0.6 is 12.2 Å². The number of carbonyl (C=O) groups excluding carboxylic acids is 1. The van der Waals surface area contributed by atoms with E-state index in [1.54, 1.807) is 12.1 Å². The fourth-order valence-corrected chi connectivity index (χ4v) is 2.26. The number of anilines is 1. The van der Waals surface area contributed by atoms with Gasteiger partial charge in [0.2, 0.25) is 0 Å². The average molecular weight is 302 g/mol. The lowest BCUT2D eigenvalue weighted by molar-refractivity contribution is 0.102. The Labute approximate surface area is 128 Å². The van der Waals surface area contributed by atoms with Crippen LogP contribution < -0.4 is 11.1 Å². The fourth-order valence-electron chi connectivity index (χ4n) is 2.05. The highest BCUT2D eigenvalue weighted by molar-refractivity contribution is 7.80. The molecule has 0 atom stereocenters. The van der Waals surface area contributed by atoms with Gasteiger partial charge in [0, 0.05) is 5.56 Å². The van der Waals surface area contributed by atoms with E-state index in [2.05, 4.69) is 5.32 Å². The number of benzene rings is 2. The van der Waals surface area contributed by atoms with Crippen LogP contribution in [-0.2, 0) is 0 Å². The molecular weight excluding hydrogens is 287 g/mol. The first-order chi connectivity index (χ1) is 9.90. The second-order valence-electron chi connectivity index (χ2n) is 4.80. The van der Waals surface area contributed by atoms with Gasteiger partial charge in [-0.1, -0.05) is 36.0 Å². The summed E-state index contributed by atoms with van der Waals surface area (Å²) in [5, 5.41) is 2.67. The third-order valence-electron chi connectivity index (χ3n) is 3.15. The quantitative estimate of drug-likeness (QED) is 0.855. The number of rotatable bonds is 3. The fraction of sp³-hybridized carbons (Fsp3) is 0.125. The zero-order valence-electron chi connectivity index (χ0n) is 11.7. The van der Waals surface area contributed by atoms with Gasteiger partial charge in [-0.05, 0) is 37.6 Å². The van der Waals surface area contributed by atoms with Crippen LogP contribution in [0, 0.1) is 19.7 Å². The normalized spacial score (nSPS) is 10.2. The number of carbonyl (C=O) groups is 1. The first-order valence-corrected chi connectivity index (χ1v) is 6.78. The van der Waals surface area contributed by atoms with E-state index in [0.717, 1.165) is 11.1 Å². The molecule has 2 aromatic rings. The Morgan fingerprint density at radius 3 is 2.62 bits per heavy atom. The predicted octanol–water partition coefficient (Wildman–Crippen LogP) is 3.33. The van der Waals surface area contributed by atoms with Crippen molar-refractivity contribution in [2.75, 3.05) is 5.32 Å². The summed E-state index contributed by atoms with van der Waals surface area (Å²) in [6.45, 7) is 3.74. The Morgan fingerprint density at radius 1 is 1.24 bits per heavy atom. The van der Waals surface area contributed by atoms with Crippen LogP contribution in [-0.4, -0.2) is 10.9 Å². The zero-order chi connectivity index (χ0) is 15.6. The standard InChI is InChI=1S/C16H15FN2OS/c1-9-6-7-10(2)11(8-9)16(20)19-13-5-3-4-12(17)14(13)15(18)21/h3-8H,1-2H3,(H2,18,21)(H,19,20). The van der Waals surface area contributed by atoms with Gasteiger partial charge in [0.1, 0.15) is 10.8 Å². The summed E-state index contributed by atoms with van der Waals surface area (Å²) in [5.41, 5.74) is 8.19. The molecule has 0 radical (unpaired) electrons. The maximum absolute atomic E-state index is 13.8. The van der Waals surface area contributed by atoms with Gasteiger partial charge in [0.25, 0.3) is 5.91 Å². The molecule has 0 aliphatic rings. The summed E-state index contributed by atoms with van der Waals surface area (Å²) >= 11 is 4.84. The minimum atomic E-state index is -0.554. The number of thiocarbonyl (C=S) groups is 1. The smallest absolute Gasteiger partial charge is 0.255 e. The van der Waals surface area contributed by atoms with Crippen LogP contribution in [0.15, 0.2) is 36.4 Å². The second-order valence-corrected chi connectivity index (χ2v) is 5.24. The van der Waals surface area contributed by atoms with E-state index >= 15 is 0 Å². The van der Waals surface area contributed by atoms with Crippen molar-refractivity contribution in [1.82, 2.24) is 0 Å². The molecule has 0 bridgehead atoms. The minimum absolute atomic E-state index is 0.0474. The van der Waals surface area contributed by atoms with Crippen LogP contribution in [0.1, 0.15) is 27.0 Å². The van der Waals surface area contributed by atoms with E-state index in [0.29, 0.717) is 5.56 Å². The van der Waals surface area contributed by atoms with Gasteiger partial charge in [-0.15, -0.1) is 0 Å². The molecule has 0 fully saturated rings. The molecule has 108 valence electrons. The molecule has 0 aromatic heterocycles. The highest BCUT2D eigenvalue weighted by Crippen LogP contribution is 2.20. The van der Waals surface area contributed by atoms with Crippen molar-refractivity contribution in [3.63, 3.8) is 0 Å². The molecule has 2 aromatic carbocycles. The zero-order valence-corrected chi connectivity index (χ0v) is 12.6. The molecule has 0 unspecified atom stereocenters. The van der Waals surface area contributed by atoms with Crippen LogP contribution in [0.25, 0.3) is 0 Å². The third-order valence-corrected chi connectivity index (χ3v) is 3.35. The Kier molecular flexibility index (Phi) is 4.33. The summed E-state index contributed by atoms with van der Waals surface area (Å²) in [4.78, 5) is 12.3. The number of amides is 1. The van der Waals surface area contributed by atoms with E-state index in [1.807, 2.05) is 26.0 Å². The van der Waals surface area contributed by atoms with Crippen molar-refractivity contribution < 1.29 is 9.18 Å². The number of aryl methyl sites for hydroxylation is 2. The van der Waals surface area contributed by atoms with E-state index in [-0.39, 0.29) is 22.1 Å². The van der Waals surface area contributed by atoms with Gasteiger partial charge in [0.15, 0.2) is 0 Å². The Morgan fingerprint density at radius 2 is 1.95 bits per heavy atom. The van der Waals surface area contributed by atoms with E-state index < -0.39 is 5.82 Å². The summed E-state index contributed by atoms with van der Waals surface area (Å²) in [7, 11) is 0. The predicted molar refractivity (Wildman–Crippen MR) is 86.2 cm³/mol. The molecule has 0 saturated heterocycles. The topological polar surface area (TPSA) is 55.1 Å². The molecule has 21 heavy (non-hydrogen) atoms. The number of halogens is 1. The molecule has 0 spiro atoms. The van der Waals surface area contributed by atoms with Crippen molar-refractivity contribution in [3.8, 4) is 0 Å². The van der Waals surface area contributed by atoms with Crippen LogP contribution in [0.3, 0.4) is 0 Å². The average Bonchev–Trinajstić information content (AvgIpc) is 2.41. The maximum Gasteiger partial charge on any atom is 0.255 e. The first-order valence-electron chi connectivity index (χ1n) is 6.37. The summed E-state index contributed by atoms with van der Waals surface area (Å²) in [6.07, 6.45) is 0. The van der Waals surface area contributed by atoms with Gasteiger partial charge in [0.05, 0.1) is 11.3 Å². The summed E-state index contributed by atoms with van der Waals surface area (Å²) < 4.78 is 13.8. The summed E-state index contributed by atoms with van der Waals surface area (Å²) in [6, 6.07) is 9.89. The van der Waals surface area contributed by atoms with Gasteiger partial charge < -0.3 is 11.1 Å². The molecule has 0 saturated carbocycles. The SMILES string of the molecule is Cc1ccc(C)c(C(=O)Nc2cccc(F)c2C(N)=S)c1. The van der Waals surface area contributed by atoms with E-state index in [1.165, 1.54) is 12.1 Å². The monoisotopic (exact) mass is 302 g/mol. The third kappa shape index (κ3) is 3.25. The summed E-state index contributed by atoms with van der Waals surface area (Å²) in [5.74, 6) is -0.874. The lowest BCUT2D eigenvalue weighted by atomic mass is 10.0. The molecular formula is C16H15FN2OS. The lowest BCUT2D eigenvalue weighted by Crippen LogP contribution is -2.19. The largest absolute Gasteiger partial charge is 0.389 e. The molecule has 0 heterocycles. The Bertz CT molecular complexity index is 728. The van der Waals surface area contributed by atoms with Gasteiger partial charge in [-0.2, -0.15) is 0 Å². The van der Waals surface area contributed by atoms with E-state index in [4.69, 9.17) is 18.0 Å². The number of nitrogens with one attached hydrogen (secondary N) is 1. The molecule has 0 aliphatic carbocycles. The van der Waals surface area contributed by atoms with Crippen molar-refractivity contribution in [2.45, 2.75) is 13.8 Å². The van der Waals surface area contributed by atoms with Crippen molar-refractivity contribution in [2.24, 2.45) is 5.73 Å². The second kappa shape index (κ2) is 6.01. The van der Waals surface area contributed by atoms with Crippen LogP contribution in [0.2, 0.25) is 0 Å². The van der Waals surface area contributed by atoms with Crippen molar-refractivity contribution in [3.05, 3.63) is 64.5 Å². The molecule has 3 N–H and O–H groups in total. The molecule has 2 rings (SSSR count). The lowest BCUT2D eigenvalue weighted by Gasteiger charge is -2.12. The van der Waals surface area contributed by atoms with Crippen LogP contribution in [0.5, 0.6) is 0 Å². The van der Waals surface area contributed by atoms with Gasteiger partial charge >= 0.3 is 0 Å². The van der Waals surface area contributed by atoms with Gasteiger partial charge in [-0.3, -0.25) is 4.79 Å². The van der Waals surface area contributed by atoms with Crippen LogP contribution in [0.4, 0.5) is 10.1 Å². The molecule has 0 aliphatic heterocycles. The van der Waals surface area contributed by atoms with E-state index in [9.17, 15) is 9.18 Å². The van der Waals surface area contributed by atoms with Crippen molar-refractivity contribution in [1.29, 1.82) is 0 Å². The molecule has 5 heteroatoms. The number of hydrogen-bond donors (Lipinski definition) is 2. The minimum Gasteiger partial charge on any atom is -0.389 e. The number of nitrogens with two attached hydrogens (primary N) is 1. The Balaban J connectivity index is 2.39. The van der Waals surface area contributed by atoms with Crippen molar-refractivity contribution >= 4 is 28.8 Å². The highest BCUT2D eigenvalue weighted by atomic mass is 32.1. The molecule has 1 amide bonds. The first kappa shape index (κ1) is 15.1. The molecule has 3 nitrogen and oxygen atoms in total. The highest BCUT2D eigenvalue weighted by Gasteiger charge is 2.15. The Hall–Kier alpha value is -2.27. The van der Waals surface area contributed by atoms with Gasteiger partial charge in [-0.25, -0.2) is 4.39 Å². The number of hydrogen-bond acceptors (Lipinski definition) is 2. The maximum atomic E-state index is 13.8.